The number of carbonyl (C=O) groups excluding carboxylic acids is 2. The Kier molecular flexibility index (Phi) is 3.21. The summed E-state index contributed by atoms with van der Waals surface area (Å²) in [6.45, 7) is 2.61. The van der Waals surface area contributed by atoms with Crippen LogP contribution >= 0.6 is 0 Å². The van der Waals surface area contributed by atoms with Crippen molar-refractivity contribution in [3.8, 4) is 0 Å². The first-order valence-corrected chi connectivity index (χ1v) is 6.54. The Labute approximate surface area is 111 Å². The van der Waals surface area contributed by atoms with E-state index in [-0.39, 0.29) is 0 Å². The van der Waals surface area contributed by atoms with Gasteiger partial charge in [-0.25, -0.2) is 0 Å². The maximum absolute atomic E-state index is 12.3. The second kappa shape index (κ2) is 5.01. The highest BCUT2D eigenvalue weighted by Crippen LogP contribution is 2.27. The largest absolute Gasteiger partial charge is 0.378 e. The summed E-state index contributed by atoms with van der Waals surface area (Å²) in [6.07, 6.45) is 0.818. The average molecular weight is 260 g/mol. The molecule has 2 heterocycles. The summed E-state index contributed by atoms with van der Waals surface area (Å²) in [5.41, 5.74) is 2.00. The van der Waals surface area contributed by atoms with E-state index in [1.54, 1.807) is 9.80 Å². The zero-order chi connectivity index (χ0) is 13.2. The van der Waals surface area contributed by atoms with E-state index in [9.17, 15) is 9.59 Å². The van der Waals surface area contributed by atoms with Gasteiger partial charge in [0.05, 0.1) is 13.2 Å². The Morgan fingerprint density at radius 2 is 1.74 bits per heavy atom. The number of carbonyl (C=O) groups is 2. The van der Waals surface area contributed by atoms with Crippen LogP contribution < -0.4 is 4.90 Å². The minimum atomic E-state index is -0.424. The summed E-state index contributed by atoms with van der Waals surface area (Å²) in [4.78, 5) is 27.6. The number of para-hydroxylation sites is 1. The molecule has 2 aliphatic rings. The maximum atomic E-state index is 12.3. The van der Waals surface area contributed by atoms with Crippen molar-refractivity contribution in [3.05, 3.63) is 29.8 Å². The highest BCUT2D eigenvalue weighted by atomic mass is 16.5. The molecule has 19 heavy (non-hydrogen) atoms. The van der Waals surface area contributed by atoms with E-state index in [2.05, 4.69) is 0 Å². The van der Waals surface area contributed by atoms with E-state index >= 15 is 0 Å². The number of fused-ring (bicyclic) bond motifs is 1. The monoisotopic (exact) mass is 260 g/mol. The van der Waals surface area contributed by atoms with Gasteiger partial charge in [0.2, 0.25) is 0 Å². The number of amides is 2. The Bertz CT molecular complexity index is 509. The Balaban J connectivity index is 1.76. The molecule has 1 aromatic rings. The zero-order valence-electron chi connectivity index (χ0n) is 10.7. The summed E-state index contributed by atoms with van der Waals surface area (Å²) in [6, 6.07) is 7.74. The molecular formula is C14H16N2O3. The molecule has 0 N–H and O–H groups in total. The van der Waals surface area contributed by atoms with Crippen LogP contribution in [0.3, 0.4) is 0 Å². The minimum Gasteiger partial charge on any atom is -0.378 e. The number of rotatable bonds is 0. The molecule has 100 valence electrons. The van der Waals surface area contributed by atoms with E-state index in [0.717, 1.165) is 17.7 Å². The van der Waals surface area contributed by atoms with Crippen molar-refractivity contribution in [3.63, 3.8) is 0 Å². The zero-order valence-corrected chi connectivity index (χ0v) is 10.7. The third-order valence-electron chi connectivity index (χ3n) is 3.61. The average Bonchev–Trinajstić information content (AvgIpc) is 2.90. The predicted molar refractivity (Wildman–Crippen MR) is 69.9 cm³/mol. The second-order valence-corrected chi connectivity index (χ2v) is 4.74. The number of nitrogens with zero attached hydrogens (tertiary/aromatic N) is 2. The van der Waals surface area contributed by atoms with E-state index in [0.29, 0.717) is 32.8 Å². The van der Waals surface area contributed by atoms with Gasteiger partial charge in [-0.3, -0.25) is 9.59 Å². The van der Waals surface area contributed by atoms with Crippen LogP contribution in [0, 0.1) is 0 Å². The van der Waals surface area contributed by atoms with Gasteiger partial charge in [0.25, 0.3) is 0 Å². The third-order valence-corrected chi connectivity index (χ3v) is 3.61. The van der Waals surface area contributed by atoms with E-state index in [4.69, 9.17) is 4.74 Å². The predicted octanol–water partition coefficient (Wildman–Crippen LogP) is 0.434. The van der Waals surface area contributed by atoms with Crippen LogP contribution in [0.25, 0.3) is 0 Å². The van der Waals surface area contributed by atoms with Crippen molar-refractivity contribution in [2.45, 2.75) is 6.42 Å². The SMILES string of the molecule is O=C(C(=O)N1CCc2ccccc21)N1CCOCC1. The van der Waals surface area contributed by atoms with Crippen molar-refractivity contribution in [1.82, 2.24) is 4.90 Å². The van der Waals surface area contributed by atoms with Gasteiger partial charge in [0.15, 0.2) is 0 Å². The second-order valence-electron chi connectivity index (χ2n) is 4.74. The van der Waals surface area contributed by atoms with E-state index < -0.39 is 11.8 Å². The summed E-state index contributed by atoms with van der Waals surface area (Å²) in [7, 11) is 0. The molecule has 3 rings (SSSR count). The summed E-state index contributed by atoms with van der Waals surface area (Å²) in [5.74, 6) is -0.841. The molecular weight excluding hydrogens is 244 g/mol. The standard InChI is InChI=1S/C14H16N2O3/c17-13(15-7-9-19-10-8-15)14(18)16-6-5-11-3-1-2-4-12(11)16/h1-4H,5-10H2. The molecule has 0 spiro atoms. The highest BCUT2D eigenvalue weighted by molar-refractivity contribution is 6.40. The molecule has 1 aromatic carbocycles. The molecule has 0 aliphatic carbocycles. The maximum Gasteiger partial charge on any atom is 0.316 e. The molecule has 0 radical (unpaired) electrons. The number of morpholine rings is 1. The van der Waals surface area contributed by atoms with Gasteiger partial charge >= 0.3 is 11.8 Å². The highest BCUT2D eigenvalue weighted by Gasteiger charge is 2.32. The topological polar surface area (TPSA) is 49.9 Å². The smallest absolute Gasteiger partial charge is 0.316 e. The summed E-state index contributed by atoms with van der Waals surface area (Å²) in [5, 5.41) is 0. The van der Waals surface area contributed by atoms with Gasteiger partial charge in [0.1, 0.15) is 0 Å². The third kappa shape index (κ3) is 2.21. The number of ether oxygens (including phenoxy) is 1. The lowest BCUT2D eigenvalue weighted by Crippen LogP contribution is -2.49. The molecule has 1 saturated heterocycles. The lowest BCUT2D eigenvalue weighted by molar-refractivity contribution is -0.147. The molecule has 5 nitrogen and oxygen atoms in total. The fourth-order valence-electron chi connectivity index (χ4n) is 2.57. The molecule has 0 unspecified atom stereocenters. The molecule has 2 aliphatic heterocycles. The van der Waals surface area contributed by atoms with E-state index in [1.165, 1.54) is 0 Å². The van der Waals surface area contributed by atoms with Gasteiger partial charge in [0, 0.05) is 25.3 Å². The molecule has 0 atom stereocenters. The van der Waals surface area contributed by atoms with Crippen LogP contribution in [0.2, 0.25) is 0 Å². The van der Waals surface area contributed by atoms with Crippen LogP contribution in [0.5, 0.6) is 0 Å². The molecule has 5 heteroatoms. The minimum absolute atomic E-state index is 0.417. The van der Waals surface area contributed by atoms with Gasteiger partial charge < -0.3 is 14.5 Å². The fourth-order valence-corrected chi connectivity index (χ4v) is 2.57. The van der Waals surface area contributed by atoms with Gasteiger partial charge in [-0.05, 0) is 18.1 Å². The first kappa shape index (κ1) is 12.2. The van der Waals surface area contributed by atoms with Crippen molar-refractivity contribution in [2.75, 3.05) is 37.7 Å². The fraction of sp³-hybridized carbons (Fsp3) is 0.429. The number of hydrogen-bond acceptors (Lipinski definition) is 3. The Morgan fingerprint density at radius 3 is 2.53 bits per heavy atom. The Hall–Kier alpha value is -1.88. The first-order chi connectivity index (χ1) is 9.27. The van der Waals surface area contributed by atoms with Crippen molar-refractivity contribution < 1.29 is 14.3 Å². The van der Waals surface area contributed by atoms with Gasteiger partial charge in [-0.1, -0.05) is 18.2 Å². The van der Waals surface area contributed by atoms with Crippen molar-refractivity contribution in [1.29, 1.82) is 0 Å². The Morgan fingerprint density at radius 1 is 1.00 bits per heavy atom. The molecule has 0 aromatic heterocycles. The molecule has 1 fully saturated rings. The van der Waals surface area contributed by atoms with Crippen LogP contribution in [0.15, 0.2) is 24.3 Å². The lowest BCUT2D eigenvalue weighted by atomic mass is 10.2. The quantitative estimate of drug-likeness (QED) is 0.636. The normalized spacial score (nSPS) is 18.3. The van der Waals surface area contributed by atoms with Crippen LogP contribution in [-0.4, -0.2) is 49.6 Å². The van der Waals surface area contributed by atoms with Crippen LogP contribution in [0.4, 0.5) is 5.69 Å². The van der Waals surface area contributed by atoms with Gasteiger partial charge in [-0.15, -0.1) is 0 Å². The summed E-state index contributed by atoms with van der Waals surface area (Å²) >= 11 is 0. The van der Waals surface area contributed by atoms with Crippen molar-refractivity contribution in [2.24, 2.45) is 0 Å². The molecule has 2 amide bonds. The number of anilines is 1. The van der Waals surface area contributed by atoms with Crippen LogP contribution in [-0.2, 0) is 20.7 Å². The van der Waals surface area contributed by atoms with Gasteiger partial charge in [-0.2, -0.15) is 0 Å². The van der Waals surface area contributed by atoms with Crippen molar-refractivity contribution >= 4 is 17.5 Å². The first-order valence-electron chi connectivity index (χ1n) is 6.54. The van der Waals surface area contributed by atoms with E-state index in [1.807, 2.05) is 24.3 Å². The number of hydrogen-bond donors (Lipinski definition) is 0. The summed E-state index contributed by atoms with van der Waals surface area (Å²) < 4.78 is 5.19. The molecule has 0 saturated carbocycles. The lowest BCUT2D eigenvalue weighted by Gasteiger charge is -2.28. The number of benzene rings is 1. The van der Waals surface area contributed by atoms with Crippen LogP contribution in [0.1, 0.15) is 5.56 Å². The molecule has 0 bridgehead atoms.